The van der Waals surface area contributed by atoms with Gasteiger partial charge in [0.05, 0.1) is 12.9 Å². The molecule has 0 saturated heterocycles. The van der Waals surface area contributed by atoms with E-state index >= 15 is 0 Å². The van der Waals surface area contributed by atoms with E-state index in [2.05, 4.69) is 15.9 Å². The van der Waals surface area contributed by atoms with Crippen molar-refractivity contribution < 1.29 is 9.15 Å². The van der Waals surface area contributed by atoms with Crippen LogP contribution in [0.15, 0.2) is 45.5 Å². The summed E-state index contributed by atoms with van der Waals surface area (Å²) >= 11 is 9.41. The molecule has 0 spiro atoms. The highest BCUT2D eigenvalue weighted by Crippen LogP contribution is 2.22. The number of hydrogen-bond acceptors (Lipinski definition) is 2. The molecule has 0 fully saturated rings. The summed E-state index contributed by atoms with van der Waals surface area (Å²) in [7, 11) is 0. The second kappa shape index (κ2) is 5.53. The van der Waals surface area contributed by atoms with Crippen LogP contribution in [0.2, 0.25) is 5.02 Å². The number of hydrogen-bond donors (Lipinski definition) is 0. The molecule has 0 aliphatic rings. The Balaban J connectivity index is 1.90. The third kappa shape index (κ3) is 3.11. The number of rotatable bonds is 4. The first-order valence-corrected chi connectivity index (χ1v) is 5.97. The molecule has 1 aromatic heterocycles. The van der Waals surface area contributed by atoms with Crippen molar-refractivity contribution in [2.45, 2.75) is 13.2 Å². The molecule has 2 aromatic rings. The van der Waals surface area contributed by atoms with Crippen molar-refractivity contribution in [2.24, 2.45) is 0 Å². The van der Waals surface area contributed by atoms with E-state index in [4.69, 9.17) is 20.8 Å². The van der Waals surface area contributed by atoms with Crippen molar-refractivity contribution in [1.29, 1.82) is 0 Å². The molecule has 0 amide bonds. The number of ether oxygens (including phenoxy) is 1. The molecule has 0 bridgehead atoms. The smallest absolute Gasteiger partial charge is 0.129 e. The van der Waals surface area contributed by atoms with E-state index in [1.165, 1.54) is 0 Å². The van der Waals surface area contributed by atoms with Gasteiger partial charge in [0.2, 0.25) is 0 Å². The molecule has 0 aliphatic heterocycles. The van der Waals surface area contributed by atoms with Gasteiger partial charge < -0.3 is 9.15 Å². The van der Waals surface area contributed by atoms with Crippen LogP contribution in [0.1, 0.15) is 11.3 Å². The Hall–Kier alpha value is -0.770. The van der Waals surface area contributed by atoms with E-state index in [1.54, 1.807) is 6.26 Å². The molecular weight excluding hydrogens is 291 g/mol. The molecule has 0 aliphatic carbocycles. The Bertz CT molecular complexity index is 454. The lowest BCUT2D eigenvalue weighted by molar-refractivity contribution is 0.0930. The zero-order valence-electron chi connectivity index (χ0n) is 8.45. The minimum Gasteiger partial charge on any atom is -0.467 e. The van der Waals surface area contributed by atoms with Gasteiger partial charge in [0.15, 0.2) is 0 Å². The SMILES string of the molecule is Clc1cc(Br)ccc1COCc1ccco1. The zero-order valence-corrected chi connectivity index (χ0v) is 10.8. The first-order chi connectivity index (χ1) is 7.75. The van der Waals surface area contributed by atoms with E-state index in [1.807, 2.05) is 30.3 Å². The van der Waals surface area contributed by atoms with Crippen LogP contribution in [0.25, 0.3) is 0 Å². The average Bonchev–Trinajstić information content (AvgIpc) is 2.74. The Morgan fingerprint density at radius 3 is 2.81 bits per heavy atom. The van der Waals surface area contributed by atoms with Crippen molar-refractivity contribution >= 4 is 27.5 Å². The monoisotopic (exact) mass is 300 g/mol. The van der Waals surface area contributed by atoms with Gasteiger partial charge in [-0.1, -0.05) is 33.6 Å². The van der Waals surface area contributed by atoms with Crippen LogP contribution in [0, 0.1) is 0 Å². The molecular formula is C12H10BrClO2. The zero-order chi connectivity index (χ0) is 11.4. The van der Waals surface area contributed by atoms with Gasteiger partial charge in [0.1, 0.15) is 12.4 Å². The minimum atomic E-state index is 0.458. The van der Waals surface area contributed by atoms with Crippen molar-refractivity contribution in [3.63, 3.8) is 0 Å². The summed E-state index contributed by atoms with van der Waals surface area (Å²) in [5.41, 5.74) is 0.969. The first kappa shape index (κ1) is 11.7. The quantitative estimate of drug-likeness (QED) is 0.834. The normalized spacial score (nSPS) is 10.6. The standard InChI is InChI=1S/C12H10BrClO2/c13-10-4-3-9(12(14)6-10)7-15-8-11-2-1-5-16-11/h1-6H,7-8H2. The van der Waals surface area contributed by atoms with E-state index in [0.717, 1.165) is 15.8 Å². The first-order valence-electron chi connectivity index (χ1n) is 4.80. The maximum Gasteiger partial charge on any atom is 0.129 e. The molecule has 4 heteroatoms. The summed E-state index contributed by atoms with van der Waals surface area (Å²) in [4.78, 5) is 0. The molecule has 2 nitrogen and oxygen atoms in total. The topological polar surface area (TPSA) is 22.4 Å². The summed E-state index contributed by atoms with van der Waals surface area (Å²) in [6.45, 7) is 0.937. The highest BCUT2D eigenvalue weighted by molar-refractivity contribution is 9.10. The molecule has 2 rings (SSSR count). The van der Waals surface area contributed by atoms with Gasteiger partial charge in [-0.2, -0.15) is 0 Å². The van der Waals surface area contributed by atoms with Crippen molar-refractivity contribution in [1.82, 2.24) is 0 Å². The van der Waals surface area contributed by atoms with E-state index in [0.29, 0.717) is 18.2 Å². The fraction of sp³-hybridized carbons (Fsp3) is 0.167. The van der Waals surface area contributed by atoms with Crippen LogP contribution in [0.5, 0.6) is 0 Å². The predicted octanol–water partition coefficient (Wildman–Crippen LogP) is 4.41. The van der Waals surface area contributed by atoms with Gasteiger partial charge in [-0.25, -0.2) is 0 Å². The highest BCUT2D eigenvalue weighted by Gasteiger charge is 2.02. The van der Waals surface area contributed by atoms with Gasteiger partial charge >= 0.3 is 0 Å². The number of halogens is 2. The molecule has 1 heterocycles. The Morgan fingerprint density at radius 2 is 2.12 bits per heavy atom. The van der Waals surface area contributed by atoms with Crippen molar-refractivity contribution in [2.75, 3.05) is 0 Å². The largest absolute Gasteiger partial charge is 0.467 e. The predicted molar refractivity (Wildman–Crippen MR) is 66.4 cm³/mol. The van der Waals surface area contributed by atoms with Gasteiger partial charge in [0, 0.05) is 9.50 Å². The molecule has 16 heavy (non-hydrogen) atoms. The lowest BCUT2D eigenvalue weighted by atomic mass is 10.2. The number of benzene rings is 1. The van der Waals surface area contributed by atoms with E-state index in [-0.39, 0.29) is 0 Å². The maximum absolute atomic E-state index is 6.06. The van der Waals surface area contributed by atoms with Gasteiger partial charge in [0.25, 0.3) is 0 Å². The average molecular weight is 302 g/mol. The van der Waals surface area contributed by atoms with Crippen molar-refractivity contribution in [3.05, 3.63) is 57.4 Å². The maximum atomic E-state index is 6.06. The fourth-order valence-corrected chi connectivity index (χ4v) is 2.02. The molecule has 0 radical (unpaired) electrons. The molecule has 0 atom stereocenters. The summed E-state index contributed by atoms with van der Waals surface area (Å²) in [5.74, 6) is 0.813. The third-order valence-corrected chi connectivity index (χ3v) is 2.94. The highest BCUT2D eigenvalue weighted by atomic mass is 79.9. The molecule has 1 aromatic carbocycles. The van der Waals surface area contributed by atoms with Gasteiger partial charge in [-0.15, -0.1) is 0 Å². The van der Waals surface area contributed by atoms with Crippen LogP contribution in [-0.2, 0) is 18.0 Å². The summed E-state index contributed by atoms with van der Waals surface area (Å²) < 4.78 is 11.6. The summed E-state index contributed by atoms with van der Waals surface area (Å²) in [6.07, 6.45) is 1.63. The lowest BCUT2D eigenvalue weighted by Crippen LogP contribution is -1.93. The van der Waals surface area contributed by atoms with Crippen LogP contribution in [-0.4, -0.2) is 0 Å². The lowest BCUT2D eigenvalue weighted by Gasteiger charge is -2.05. The van der Waals surface area contributed by atoms with Crippen LogP contribution in [0.3, 0.4) is 0 Å². The van der Waals surface area contributed by atoms with E-state index in [9.17, 15) is 0 Å². The van der Waals surface area contributed by atoms with Crippen LogP contribution >= 0.6 is 27.5 Å². The second-order valence-electron chi connectivity index (χ2n) is 3.31. The third-order valence-electron chi connectivity index (χ3n) is 2.10. The Kier molecular flexibility index (Phi) is 4.04. The van der Waals surface area contributed by atoms with E-state index < -0.39 is 0 Å². The Labute approximate surface area is 107 Å². The van der Waals surface area contributed by atoms with Crippen LogP contribution < -0.4 is 0 Å². The van der Waals surface area contributed by atoms with Crippen molar-refractivity contribution in [3.8, 4) is 0 Å². The summed E-state index contributed by atoms with van der Waals surface area (Å²) in [5, 5.41) is 0.703. The molecule has 0 N–H and O–H groups in total. The molecule has 0 saturated carbocycles. The summed E-state index contributed by atoms with van der Waals surface area (Å²) in [6, 6.07) is 9.45. The van der Waals surface area contributed by atoms with Crippen LogP contribution in [0.4, 0.5) is 0 Å². The second-order valence-corrected chi connectivity index (χ2v) is 4.63. The Morgan fingerprint density at radius 1 is 1.25 bits per heavy atom. The molecule has 84 valence electrons. The minimum absolute atomic E-state index is 0.458. The molecule has 0 unspecified atom stereocenters. The van der Waals surface area contributed by atoms with Gasteiger partial charge in [-0.3, -0.25) is 0 Å². The number of furan rings is 1. The fourth-order valence-electron chi connectivity index (χ4n) is 1.30. The van der Waals surface area contributed by atoms with Gasteiger partial charge in [-0.05, 0) is 29.8 Å².